The van der Waals surface area contributed by atoms with Gasteiger partial charge in [-0.25, -0.2) is 0 Å². The van der Waals surface area contributed by atoms with Crippen LogP contribution in [0.1, 0.15) is 11.1 Å². The minimum atomic E-state index is -0.112. The van der Waals surface area contributed by atoms with E-state index in [0.29, 0.717) is 18.0 Å². The first-order valence-corrected chi connectivity index (χ1v) is 7.12. The van der Waals surface area contributed by atoms with Crippen LogP contribution in [0.5, 0.6) is 5.75 Å². The molecule has 0 N–H and O–H groups in total. The Balaban J connectivity index is 2.00. The van der Waals surface area contributed by atoms with Crippen LogP contribution in [0.2, 0.25) is 5.02 Å². The van der Waals surface area contributed by atoms with Crippen molar-refractivity contribution in [2.24, 2.45) is 5.11 Å². The molecule has 0 aromatic heterocycles. The molecule has 3 rings (SSSR count). The third-order valence-corrected chi connectivity index (χ3v) is 3.79. The molecule has 1 aliphatic heterocycles. The Morgan fingerprint density at radius 1 is 1.33 bits per heavy atom. The van der Waals surface area contributed by atoms with Gasteiger partial charge < -0.3 is 4.74 Å². The van der Waals surface area contributed by atoms with Crippen molar-refractivity contribution in [3.8, 4) is 16.9 Å². The Hall–Kier alpha value is -2.16. The first-order chi connectivity index (χ1) is 10.2. The van der Waals surface area contributed by atoms with Gasteiger partial charge in [-0.15, -0.1) is 0 Å². The Kier molecular flexibility index (Phi) is 3.74. The van der Waals surface area contributed by atoms with Crippen LogP contribution in [0, 0.1) is 6.92 Å². The molecule has 5 heteroatoms. The van der Waals surface area contributed by atoms with Crippen LogP contribution in [-0.4, -0.2) is 12.6 Å². The number of ether oxygens (including phenoxy) is 1. The monoisotopic (exact) mass is 299 g/mol. The largest absolute Gasteiger partial charge is 0.489 e. The molecule has 2 aromatic rings. The molecule has 1 aliphatic rings. The van der Waals surface area contributed by atoms with Gasteiger partial charge in [-0.05, 0) is 35.7 Å². The zero-order valence-corrected chi connectivity index (χ0v) is 12.3. The normalized spacial score (nSPS) is 16.0. The summed E-state index contributed by atoms with van der Waals surface area (Å²) in [6, 6.07) is 12.1. The molecule has 1 heterocycles. The van der Waals surface area contributed by atoms with Gasteiger partial charge in [-0.1, -0.05) is 46.5 Å². The second-order valence-electron chi connectivity index (χ2n) is 5.17. The Labute approximate surface area is 127 Å². The van der Waals surface area contributed by atoms with E-state index in [2.05, 4.69) is 41.2 Å². The predicted molar refractivity (Wildman–Crippen MR) is 83.8 cm³/mol. The van der Waals surface area contributed by atoms with E-state index in [1.54, 1.807) is 0 Å². The van der Waals surface area contributed by atoms with E-state index < -0.39 is 0 Å². The summed E-state index contributed by atoms with van der Waals surface area (Å²) in [6.07, 6.45) is 0.604. The molecule has 1 unspecified atom stereocenters. The molecular weight excluding hydrogens is 286 g/mol. The lowest BCUT2D eigenvalue weighted by molar-refractivity contribution is 0.242. The van der Waals surface area contributed by atoms with Crippen molar-refractivity contribution in [2.75, 3.05) is 6.54 Å². The maximum Gasteiger partial charge on any atom is 0.130 e. The molecule has 1 atom stereocenters. The number of azide groups is 1. The van der Waals surface area contributed by atoms with Crippen LogP contribution in [0.25, 0.3) is 21.6 Å². The summed E-state index contributed by atoms with van der Waals surface area (Å²) in [7, 11) is 0. The third kappa shape index (κ3) is 2.82. The molecule has 0 fully saturated rings. The van der Waals surface area contributed by atoms with Crippen molar-refractivity contribution in [2.45, 2.75) is 19.4 Å². The molecule has 106 valence electrons. The van der Waals surface area contributed by atoms with Gasteiger partial charge >= 0.3 is 0 Å². The van der Waals surface area contributed by atoms with Crippen LogP contribution < -0.4 is 4.74 Å². The van der Waals surface area contributed by atoms with Gasteiger partial charge in [0.05, 0.1) is 6.54 Å². The molecule has 2 aromatic carbocycles. The first-order valence-electron chi connectivity index (χ1n) is 6.74. The quantitative estimate of drug-likeness (QED) is 0.450. The second kappa shape index (κ2) is 5.68. The average molecular weight is 300 g/mol. The highest BCUT2D eigenvalue weighted by atomic mass is 35.5. The van der Waals surface area contributed by atoms with Gasteiger partial charge in [0.1, 0.15) is 11.9 Å². The molecule has 0 amide bonds. The van der Waals surface area contributed by atoms with Crippen molar-refractivity contribution >= 4 is 11.6 Å². The fraction of sp³-hybridized carbons (Fsp3) is 0.250. The number of halogens is 1. The number of fused-ring (bicyclic) bond motifs is 1. The van der Waals surface area contributed by atoms with Gasteiger partial charge in [0.15, 0.2) is 0 Å². The summed E-state index contributed by atoms with van der Waals surface area (Å²) in [6.45, 7) is 2.38. The van der Waals surface area contributed by atoms with E-state index in [1.807, 2.05) is 12.1 Å². The fourth-order valence-corrected chi connectivity index (χ4v) is 2.81. The Morgan fingerprint density at radius 3 is 2.81 bits per heavy atom. The number of hydrogen-bond donors (Lipinski definition) is 0. The standard InChI is InChI=1S/C16H14ClN3O/c1-10-2-4-11(5-3-10)15-8-13(17)6-12-7-14(9-19-20-18)21-16(12)15/h2-6,8,14H,7,9H2,1H3. The summed E-state index contributed by atoms with van der Waals surface area (Å²) in [5.74, 6) is 0.849. The lowest BCUT2D eigenvalue weighted by Gasteiger charge is -2.11. The van der Waals surface area contributed by atoms with E-state index in [0.717, 1.165) is 22.4 Å². The maximum absolute atomic E-state index is 8.43. The van der Waals surface area contributed by atoms with Crippen LogP contribution in [0.3, 0.4) is 0 Å². The van der Waals surface area contributed by atoms with Crippen molar-refractivity contribution in [3.63, 3.8) is 0 Å². The predicted octanol–water partition coefficient (Wildman–Crippen LogP) is 4.93. The van der Waals surface area contributed by atoms with Crippen molar-refractivity contribution in [1.29, 1.82) is 0 Å². The van der Waals surface area contributed by atoms with Gasteiger partial charge in [0.25, 0.3) is 0 Å². The van der Waals surface area contributed by atoms with E-state index in [1.165, 1.54) is 5.56 Å². The van der Waals surface area contributed by atoms with Crippen LogP contribution in [0.15, 0.2) is 41.5 Å². The molecular formula is C16H14ClN3O. The number of nitrogens with zero attached hydrogens (tertiary/aromatic N) is 3. The van der Waals surface area contributed by atoms with Crippen LogP contribution in [0.4, 0.5) is 0 Å². The van der Waals surface area contributed by atoms with E-state index in [-0.39, 0.29) is 6.10 Å². The SMILES string of the molecule is Cc1ccc(-c2cc(Cl)cc3c2OC(CN=[N+]=[N-])C3)cc1. The smallest absolute Gasteiger partial charge is 0.130 e. The Bertz CT molecular complexity index is 721. The lowest BCUT2D eigenvalue weighted by Crippen LogP contribution is -2.16. The Morgan fingerprint density at radius 2 is 2.10 bits per heavy atom. The molecule has 4 nitrogen and oxygen atoms in total. The van der Waals surface area contributed by atoms with Crippen molar-refractivity contribution in [3.05, 3.63) is 63.0 Å². The summed E-state index contributed by atoms with van der Waals surface area (Å²) >= 11 is 6.22. The second-order valence-corrected chi connectivity index (χ2v) is 5.60. The number of hydrogen-bond acceptors (Lipinski definition) is 2. The minimum Gasteiger partial charge on any atom is -0.489 e. The maximum atomic E-state index is 8.43. The highest BCUT2D eigenvalue weighted by Gasteiger charge is 2.26. The minimum absolute atomic E-state index is 0.112. The molecule has 0 saturated carbocycles. The van der Waals surface area contributed by atoms with Gasteiger partial charge in [0, 0.05) is 21.9 Å². The van der Waals surface area contributed by atoms with Gasteiger partial charge in [-0.3, -0.25) is 0 Å². The van der Waals surface area contributed by atoms with E-state index >= 15 is 0 Å². The zero-order valence-electron chi connectivity index (χ0n) is 11.6. The number of aryl methyl sites for hydroxylation is 1. The summed E-state index contributed by atoms with van der Waals surface area (Å²) < 4.78 is 5.96. The van der Waals surface area contributed by atoms with Crippen molar-refractivity contribution < 1.29 is 4.74 Å². The number of benzene rings is 2. The molecule has 0 aliphatic carbocycles. The van der Waals surface area contributed by atoms with Crippen molar-refractivity contribution in [1.82, 2.24) is 0 Å². The number of rotatable bonds is 3. The molecule has 0 bridgehead atoms. The summed E-state index contributed by atoms with van der Waals surface area (Å²) in [5.41, 5.74) is 12.8. The van der Waals surface area contributed by atoms with E-state index in [4.69, 9.17) is 21.9 Å². The van der Waals surface area contributed by atoms with Crippen LogP contribution in [-0.2, 0) is 6.42 Å². The first kappa shape index (κ1) is 13.8. The van der Waals surface area contributed by atoms with Crippen LogP contribution >= 0.6 is 11.6 Å². The van der Waals surface area contributed by atoms with E-state index in [9.17, 15) is 0 Å². The molecule has 0 radical (unpaired) electrons. The highest BCUT2D eigenvalue weighted by Crippen LogP contribution is 2.41. The topological polar surface area (TPSA) is 58.0 Å². The zero-order chi connectivity index (χ0) is 14.8. The molecule has 0 saturated heterocycles. The molecule has 21 heavy (non-hydrogen) atoms. The molecule has 0 spiro atoms. The highest BCUT2D eigenvalue weighted by molar-refractivity contribution is 6.31. The van der Waals surface area contributed by atoms with Gasteiger partial charge in [-0.2, -0.15) is 0 Å². The summed E-state index contributed by atoms with van der Waals surface area (Å²) in [5, 5.41) is 4.29. The summed E-state index contributed by atoms with van der Waals surface area (Å²) in [4.78, 5) is 2.79. The average Bonchev–Trinajstić information content (AvgIpc) is 2.87. The van der Waals surface area contributed by atoms with Gasteiger partial charge in [0.2, 0.25) is 0 Å². The fourth-order valence-electron chi connectivity index (χ4n) is 2.57. The third-order valence-electron chi connectivity index (χ3n) is 3.57. The lowest BCUT2D eigenvalue weighted by atomic mass is 10.00.